The fourth-order valence-corrected chi connectivity index (χ4v) is 2.87. The molecular weight excluding hydrogens is 362 g/mol. The highest BCUT2D eigenvalue weighted by Crippen LogP contribution is 2.23. The zero-order valence-corrected chi connectivity index (χ0v) is 13.8. The van der Waals surface area contributed by atoms with Gasteiger partial charge in [0, 0.05) is 12.1 Å². The predicted octanol–water partition coefficient (Wildman–Crippen LogP) is 1.75. The quantitative estimate of drug-likeness (QED) is 0.266. The molecule has 0 aliphatic heterocycles. The maximum Gasteiger partial charge on any atom is 0.339 e. The van der Waals surface area contributed by atoms with E-state index in [1.165, 1.54) is 36.4 Å². The van der Waals surface area contributed by atoms with Crippen LogP contribution in [0.5, 0.6) is 5.75 Å². The first kappa shape index (κ1) is 18.6. The van der Waals surface area contributed by atoms with Crippen LogP contribution in [0.1, 0.15) is 5.56 Å². The highest BCUT2D eigenvalue weighted by atomic mass is 32.2. The summed E-state index contributed by atoms with van der Waals surface area (Å²) in [7, 11) is -4.32. The number of hydrogen-bond donors (Lipinski definition) is 1. The molecule has 2 rings (SSSR count). The molecule has 0 spiro atoms. The topological polar surface area (TPSA) is 153 Å². The molecule has 1 amide bonds. The lowest BCUT2D eigenvalue weighted by Gasteiger charge is -2.07. The zero-order valence-electron chi connectivity index (χ0n) is 13.0. The second-order valence-electron chi connectivity index (χ2n) is 4.90. The Morgan fingerprint density at radius 1 is 1.23 bits per heavy atom. The van der Waals surface area contributed by atoms with Crippen molar-refractivity contribution in [2.45, 2.75) is 4.90 Å². The first-order valence-electron chi connectivity index (χ1n) is 6.93. The minimum atomic E-state index is -4.32. The van der Waals surface area contributed by atoms with Gasteiger partial charge < -0.3 is 9.92 Å². The Hall–Kier alpha value is -3.71. The van der Waals surface area contributed by atoms with E-state index in [1.54, 1.807) is 6.07 Å². The Labute approximate surface area is 148 Å². The highest BCUT2D eigenvalue weighted by Gasteiger charge is 2.20. The van der Waals surface area contributed by atoms with Gasteiger partial charge >= 0.3 is 10.1 Å². The third kappa shape index (κ3) is 4.43. The number of carbonyl (C=O) groups is 1. The van der Waals surface area contributed by atoms with Gasteiger partial charge in [-0.15, -0.1) is 0 Å². The molecule has 0 aliphatic rings. The van der Waals surface area contributed by atoms with Crippen LogP contribution in [-0.4, -0.2) is 19.2 Å². The average Bonchev–Trinajstić information content (AvgIpc) is 2.59. The van der Waals surface area contributed by atoms with E-state index in [0.717, 1.165) is 18.2 Å². The minimum Gasteiger partial charge on any atom is -0.379 e. The summed E-state index contributed by atoms with van der Waals surface area (Å²) in [5.41, 5.74) is 4.64. The maximum absolute atomic E-state index is 12.3. The SMILES string of the molecule is N#C/C(=C\c1cccc(OS(=O)(=O)c2cccc([N+](=O)[O-])c2)c1)C(N)=O. The lowest BCUT2D eigenvalue weighted by molar-refractivity contribution is -0.385. The van der Waals surface area contributed by atoms with Gasteiger partial charge in [-0.2, -0.15) is 13.7 Å². The van der Waals surface area contributed by atoms with Gasteiger partial charge in [0.2, 0.25) is 0 Å². The molecule has 2 aromatic rings. The number of nitriles is 1. The summed E-state index contributed by atoms with van der Waals surface area (Å²) in [6.45, 7) is 0. The molecule has 9 nitrogen and oxygen atoms in total. The number of nitro benzene ring substituents is 1. The Morgan fingerprint density at radius 2 is 1.92 bits per heavy atom. The van der Waals surface area contributed by atoms with Crippen LogP contribution in [0, 0.1) is 21.4 Å². The molecule has 0 atom stereocenters. The number of nitrogens with two attached hydrogens (primary N) is 1. The summed E-state index contributed by atoms with van der Waals surface area (Å²) in [4.78, 5) is 20.7. The normalized spacial score (nSPS) is 11.4. The summed E-state index contributed by atoms with van der Waals surface area (Å²) >= 11 is 0. The third-order valence-corrected chi connectivity index (χ3v) is 4.32. The number of primary amides is 1. The van der Waals surface area contributed by atoms with Gasteiger partial charge in [0.15, 0.2) is 0 Å². The number of benzene rings is 2. The molecule has 0 unspecified atom stereocenters. The van der Waals surface area contributed by atoms with Crippen LogP contribution >= 0.6 is 0 Å². The lowest BCUT2D eigenvalue weighted by atomic mass is 10.1. The molecule has 0 radical (unpaired) electrons. The van der Waals surface area contributed by atoms with Gasteiger partial charge in [0.25, 0.3) is 11.6 Å². The molecular formula is C16H11N3O6S. The van der Waals surface area contributed by atoms with Crippen LogP contribution in [0.4, 0.5) is 5.69 Å². The largest absolute Gasteiger partial charge is 0.379 e. The van der Waals surface area contributed by atoms with E-state index >= 15 is 0 Å². The number of non-ortho nitro benzene ring substituents is 1. The van der Waals surface area contributed by atoms with Gasteiger partial charge in [0.05, 0.1) is 4.92 Å². The molecule has 0 saturated heterocycles. The second kappa shape index (κ2) is 7.45. The van der Waals surface area contributed by atoms with Crippen LogP contribution in [-0.2, 0) is 14.9 Å². The van der Waals surface area contributed by atoms with Crippen molar-refractivity contribution in [2.75, 3.05) is 0 Å². The van der Waals surface area contributed by atoms with E-state index in [0.29, 0.717) is 5.56 Å². The molecule has 0 aromatic heterocycles. The van der Waals surface area contributed by atoms with Crippen molar-refractivity contribution < 1.29 is 22.3 Å². The van der Waals surface area contributed by atoms with E-state index in [1.807, 2.05) is 0 Å². The van der Waals surface area contributed by atoms with Crippen LogP contribution < -0.4 is 9.92 Å². The van der Waals surface area contributed by atoms with Gasteiger partial charge in [-0.25, -0.2) is 0 Å². The fraction of sp³-hybridized carbons (Fsp3) is 0. The van der Waals surface area contributed by atoms with Crippen molar-refractivity contribution in [1.29, 1.82) is 5.26 Å². The minimum absolute atomic E-state index is 0.105. The highest BCUT2D eigenvalue weighted by molar-refractivity contribution is 7.87. The molecule has 0 fully saturated rings. The van der Waals surface area contributed by atoms with E-state index in [9.17, 15) is 23.3 Å². The lowest BCUT2D eigenvalue weighted by Crippen LogP contribution is -2.12. The molecule has 0 saturated carbocycles. The number of hydrogen-bond acceptors (Lipinski definition) is 7. The van der Waals surface area contributed by atoms with E-state index < -0.39 is 26.6 Å². The molecule has 132 valence electrons. The van der Waals surface area contributed by atoms with E-state index in [-0.39, 0.29) is 16.2 Å². The predicted molar refractivity (Wildman–Crippen MR) is 90.1 cm³/mol. The Bertz CT molecular complexity index is 1050. The first-order valence-corrected chi connectivity index (χ1v) is 8.34. The summed E-state index contributed by atoms with van der Waals surface area (Å²) in [6, 6.07) is 11.6. The molecule has 0 heterocycles. The summed E-state index contributed by atoms with van der Waals surface area (Å²) in [5.74, 6) is -1.03. The number of carbonyl (C=O) groups excluding carboxylic acids is 1. The zero-order chi connectivity index (χ0) is 19.3. The van der Waals surface area contributed by atoms with Gasteiger partial charge in [-0.05, 0) is 29.8 Å². The van der Waals surface area contributed by atoms with Crippen molar-refractivity contribution in [3.05, 3.63) is 69.8 Å². The van der Waals surface area contributed by atoms with E-state index in [4.69, 9.17) is 15.2 Å². The third-order valence-electron chi connectivity index (χ3n) is 3.08. The smallest absolute Gasteiger partial charge is 0.339 e. The average molecular weight is 373 g/mol. The molecule has 0 aliphatic carbocycles. The van der Waals surface area contributed by atoms with Crippen LogP contribution in [0.15, 0.2) is 59.0 Å². The Balaban J connectivity index is 2.35. The monoisotopic (exact) mass is 373 g/mol. The van der Waals surface area contributed by atoms with Crippen molar-refractivity contribution in [2.24, 2.45) is 5.73 Å². The molecule has 2 aromatic carbocycles. The molecule has 0 bridgehead atoms. The van der Waals surface area contributed by atoms with Crippen molar-refractivity contribution in [1.82, 2.24) is 0 Å². The van der Waals surface area contributed by atoms with Gasteiger partial charge in [0.1, 0.15) is 22.3 Å². The van der Waals surface area contributed by atoms with Crippen LogP contribution in [0.3, 0.4) is 0 Å². The number of nitro groups is 1. The Kier molecular flexibility index (Phi) is 5.34. The van der Waals surface area contributed by atoms with Gasteiger partial charge in [-0.3, -0.25) is 14.9 Å². The van der Waals surface area contributed by atoms with Crippen LogP contribution in [0.2, 0.25) is 0 Å². The fourth-order valence-electron chi connectivity index (χ4n) is 1.91. The van der Waals surface area contributed by atoms with E-state index in [2.05, 4.69) is 0 Å². The van der Waals surface area contributed by atoms with Crippen molar-refractivity contribution in [3.63, 3.8) is 0 Å². The molecule has 10 heteroatoms. The molecule has 2 N–H and O–H groups in total. The number of nitrogens with zero attached hydrogens (tertiary/aromatic N) is 2. The first-order chi connectivity index (χ1) is 12.2. The van der Waals surface area contributed by atoms with Crippen LogP contribution in [0.25, 0.3) is 6.08 Å². The number of rotatable bonds is 6. The maximum atomic E-state index is 12.3. The number of amides is 1. The van der Waals surface area contributed by atoms with Crippen molar-refractivity contribution in [3.8, 4) is 11.8 Å². The van der Waals surface area contributed by atoms with Gasteiger partial charge in [-0.1, -0.05) is 18.2 Å². The molecule has 26 heavy (non-hydrogen) atoms. The summed E-state index contributed by atoms with van der Waals surface area (Å²) in [6.07, 6.45) is 1.18. The van der Waals surface area contributed by atoms with Crippen molar-refractivity contribution >= 4 is 27.8 Å². The second-order valence-corrected chi connectivity index (χ2v) is 6.44. The standard InChI is InChI=1S/C16H11N3O6S/c17-10-12(16(18)20)7-11-3-1-5-14(8-11)25-26(23,24)15-6-2-4-13(9-15)19(21)22/h1-9H,(H2,18,20)/b12-7+. The summed E-state index contributed by atoms with van der Waals surface area (Å²) < 4.78 is 29.5. The summed E-state index contributed by atoms with van der Waals surface area (Å²) in [5, 5.41) is 19.6. The Morgan fingerprint density at radius 3 is 2.54 bits per heavy atom.